The third-order valence-electron chi connectivity index (χ3n) is 2.75. The van der Waals surface area contributed by atoms with E-state index in [4.69, 9.17) is 9.05 Å². The Morgan fingerprint density at radius 1 is 1.09 bits per heavy atom. The maximum atomic E-state index is 12.8. The molecule has 130 valence electrons. The Morgan fingerprint density at radius 3 is 1.87 bits per heavy atom. The van der Waals surface area contributed by atoms with Crippen LogP contribution in [0.25, 0.3) is 5.57 Å². The Balaban J connectivity index is 2.92. The van der Waals surface area contributed by atoms with Crippen LogP contribution < -0.4 is 0 Å². The number of alkyl halides is 3. The van der Waals surface area contributed by atoms with Gasteiger partial charge in [0.05, 0.1) is 23.9 Å². The van der Waals surface area contributed by atoms with E-state index in [1.54, 1.807) is 27.7 Å². The fourth-order valence-corrected chi connectivity index (χ4v) is 4.10. The third kappa shape index (κ3) is 6.50. The third-order valence-corrected chi connectivity index (χ3v) is 5.00. The van der Waals surface area contributed by atoms with E-state index >= 15 is 0 Å². The standard InChI is InChI=1S/C16H22F3O3P/c1-11(2)21-23(20,22-12(3)4)10-13(5)14-6-8-15(9-7-14)16(17,18)19/h6-9,11-12H,5,10H2,1-4H3. The molecule has 0 N–H and O–H groups in total. The number of halogens is 3. The van der Waals surface area contributed by atoms with Crippen LogP contribution in [0.2, 0.25) is 0 Å². The number of hydrogen-bond acceptors (Lipinski definition) is 3. The van der Waals surface area contributed by atoms with Crippen LogP contribution in [0.5, 0.6) is 0 Å². The molecule has 7 heteroatoms. The largest absolute Gasteiger partial charge is 0.416 e. The van der Waals surface area contributed by atoms with Crippen LogP contribution in [-0.4, -0.2) is 18.4 Å². The van der Waals surface area contributed by atoms with Crippen molar-refractivity contribution in [3.8, 4) is 0 Å². The topological polar surface area (TPSA) is 35.5 Å². The highest BCUT2D eigenvalue weighted by Crippen LogP contribution is 2.52. The van der Waals surface area contributed by atoms with Gasteiger partial charge >= 0.3 is 13.8 Å². The van der Waals surface area contributed by atoms with Crippen molar-refractivity contribution in [1.82, 2.24) is 0 Å². The fraction of sp³-hybridized carbons (Fsp3) is 0.500. The molecule has 0 saturated heterocycles. The smallest absolute Gasteiger partial charge is 0.306 e. The van der Waals surface area contributed by atoms with Crippen LogP contribution in [0.3, 0.4) is 0 Å². The predicted molar refractivity (Wildman–Crippen MR) is 85.4 cm³/mol. The molecule has 0 aromatic heterocycles. The lowest BCUT2D eigenvalue weighted by molar-refractivity contribution is -0.137. The molecule has 0 aliphatic carbocycles. The summed E-state index contributed by atoms with van der Waals surface area (Å²) in [6, 6.07) is 4.55. The second kappa shape index (κ2) is 7.65. The van der Waals surface area contributed by atoms with Gasteiger partial charge in [-0.3, -0.25) is 4.57 Å². The van der Waals surface area contributed by atoms with Crippen molar-refractivity contribution < 1.29 is 26.8 Å². The van der Waals surface area contributed by atoms with Crippen LogP contribution >= 0.6 is 7.60 Å². The molecule has 0 heterocycles. The van der Waals surface area contributed by atoms with E-state index in [9.17, 15) is 17.7 Å². The van der Waals surface area contributed by atoms with Gasteiger partial charge in [0.1, 0.15) is 0 Å². The van der Waals surface area contributed by atoms with Crippen molar-refractivity contribution in [2.24, 2.45) is 0 Å². The zero-order chi connectivity index (χ0) is 17.8. The SMILES string of the molecule is C=C(CP(=O)(OC(C)C)OC(C)C)c1ccc(C(F)(F)F)cc1. The first-order valence-electron chi connectivity index (χ1n) is 7.24. The van der Waals surface area contributed by atoms with E-state index in [1.807, 2.05) is 0 Å². The van der Waals surface area contributed by atoms with Crippen molar-refractivity contribution in [3.63, 3.8) is 0 Å². The summed E-state index contributed by atoms with van der Waals surface area (Å²) in [4.78, 5) is 0. The zero-order valence-electron chi connectivity index (χ0n) is 13.7. The lowest BCUT2D eigenvalue weighted by Crippen LogP contribution is -2.11. The molecule has 0 unspecified atom stereocenters. The molecule has 0 aliphatic rings. The van der Waals surface area contributed by atoms with Gasteiger partial charge in [-0.25, -0.2) is 0 Å². The van der Waals surface area contributed by atoms with E-state index in [0.29, 0.717) is 11.1 Å². The molecule has 0 amide bonds. The van der Waals surface area contributed by atoms with Gasteiger partial charge < -0.3 is 9.05 Å². The Morgan fingerprint density at radius 2 is 1.52 bits per heavy atom. The van der Waals surface area contributed by atoms with Gasteiger partial charge in [-0.05, 0) is 51.0 Å². The van der Waals surface area contributed by atoms with Gasteiger partial charge in [-0.15, -0.1) is 0 Å². The molecule has 0 aliphatic heterocycles. The molecule has 0 spiro atoms. The van der Waals surface area contributed by atoms with E-state index < -0.39 is 19.3 Å². The van der Waals surface area contributed by atoms with Crippen molar-refractivity contribution in [2.45, 2.75) is 46.1 Å². The van der Waals surface area contributed by atoms with Crippen LogP contribution in [-0.2, 0) is 19.8 Å². The van der Waals surface area contributed by atoms with Crippen molar-refractivity contribution in [2.75, 3.05) is 6.16 Å². The van der Waals surface area contributed by atoms with E-state index in [-0.39, 0.29) is 18.4 Å². The summed E-state index contributed by atoms with van der Waals surface area (Å²) in [7, 11) is -3.42. The summed E-state index contributed by atoms with van der Waals surface area (Å²) in [6.07, 6.45) is -5.08. The fourth-order valence-electron chi connectivity index (χ4n) is 1.96. The maximum absolute atomic E-state index is 12.8. The number of allylic oxidation sites excluding steroid dienone is 1. The molecule has 23 heavy (non-hydrogen) atoms. The highest BCUT2D eigenvalue weighted by atomic mass is 31.2. The van der Waals surface area contributed by atoms with Gasteiger partial charge in [-0.1, -0.05) is 18.7 Å². The summed E-state index contributed by atoms with van der Waals surface area (Å²) in [5, 5.41) is 0. The molecule has 0 saturated carbocycles. The second-order valence-electron chi connectivity index (χ2n) is 5.76. The van der Waals surface area contributed by atoms with E-state index in [0.717, 1.165) is 12.1 Å². The molecule has 0 radical (unpaired) electrons. The molecular weight excluding hydrogens is 328 g/mol. The zero-order valence-corrected chi connectivity index (χ0v) is 14.6. The summed E-state index contributed by atoms with van der Waals surface area (Å²) in [5.74, 6) is 0. The van der Waals surface area contributed by atoms with Gasteiger partial charge in [0.25, 0.3) is 0 Å². The first kappa shape index (κ1) is 19.9. The van der Waals surface area contributed by atoms with E-state index in [1.165, 1.54) is 12.1 Å². The quantitative estimate of drug-likeness (QED) is 0.586. The minimum atomic E-state index is -4.39. The van der Waals surface area contributed by atoms with Crippen molar-refractivity contribution >= 4 is 13.2 Å². The average Bonchev–Trinajstić information content (AvgIpc) is 2.35. The summed E-state index contributed by atoms with van der Waals surface area (Å²) in [5.41, 5.74) is 0.135. The van der Waals surface area contributed by atoms with Gasteiger partial charge in [-0.2, -0.15) is 13.2 Å². The Bertz CT molecular complexity index is 563. The van der Waals surface area contributed by atoms with Crippen LogP contribution in [0.1, 0.15) is 38.8 Å². The molecule has 1 aromatic rings. The summed E-state index contributed by atoms with van der Waals surface area (Å²) < 4.78 is 61.3. The van der Waals surface area contributed by atoms with Gasteiger partial charge in [0.2, 0.25) is 0 Å². The van der Waals surface area contributed by atoms with Crippen LogP contribution in [0, 0.1) is 0 Å². The molecule has 0 fully saturated rings. The Kier molecular flexibility index (Phi) is 6.63. The second-order valence-corrected chi connectivity index (χ2v) is 7.72. The number of hydrogen-bond donors (Lipinski definition) is 0. The minimum Gasteiger partial charge on any atom is -0.306 e. The lowest BCUT2D eigenvalue weighted by atomic mass is 10.1. The van der Waals surface area contributed by atoms with Gasteiger partial charge in [0, 0.05) is 0 Å². The van der Waals surface area contributed by atoms with E-state index in [2.05, 4.69) is 6.58 Å². The van der Waals surface area contributed by atoms with Crippen LogP contribution in [0.4, 0.5) is 13.2 Å². The highest BCUT2D eigenvalue weighted by molar-refractivity contribution is 7.54. The van der Waals surface area contributed by atoms with Crippen molar-refractivity contribution in [1.29, 1.82) is 0 Å². The molecule has 0 bridgehead atoms. The molecular formula is C16H22F3O3P. The molecule has 1 aromatic carbocycles. The highest BCUT2D eigenvalue weighted by Gasteiger charge is 2.31. The predicted octanol–water partition coefficient (Wildman–Crippen LogP) is 5.76. The lowest BCUT2D eigenvalue weighted by Gasteiger charge is -2.23. The molecule has 3 nitrogen and oxygen atoms in total. The number of rotatable bonds is 7. The molecule has 0 atom stereocenters. The summed E-state index contributed by atoms with van der Waals surface area (Å²) in [6.45, 7) is 10.7. The van der Waals surface area contributed by atoms with Crippen molar-refractivity contribution in [3.05, 3.63) is 42.0 Å². The Hall–Kier alpha value is -1.10. The average molecular weight is 350 g/mol. The summed E-state index contributed by atoms with van der Waals surface area (Å²) >= 11 is 0. The van der Waals surface area contributed by atoms with Gasteiger partial charge in [0.15, 0.2) is 0 Å². The number of benzene rings is 1. The monoisotopic (exact) mass is 350 g/mol. The van der Waals surface area contributed by atoms with Crippen LogP contribution in [0.15, 0.2) is 30.8 Å². The first-order chi connectivity index (χ1) is 10.4. The first-order valence-corrected chi connectivity index (χ1v) is 8.97. The normalized spacial score (nSPS) is 12.9. The Labute approximate surface area is 135 Å². The molecule has 1 rings (SSSR count). The maximum Gasteiger partial charge on any atom is 0.416 e. The minimum absolute atomic E-state index is 0.0747.